The molecule has 3 nitrogen and oxygen atoms in total. The van der Waals surface area contributed by atoms with Gasteiger partial charge in [0, 0.05) is 15.7 Å². The Labute approximate surface area is 108 Å². The van der Waals surface area contributed by atoms with E-state index in [4.69, 9.17) is 0 Å². The second-order valence-electron chi connectivity index (χ2n) is 4.13. The van der Waals surface area contributed by atoms with Crippen molar-refractivity contribution in [3.05, 3.63) is 33.4 Å². The number of aliphatic hydroxyl groups is 1. The summed E-state index contributed by atoms with van der Waals surface area (Å²) in [6, 6.07) is 7.41. The maximum absolute atomic E-state index is 11.7. The van der Waals surface area contributed by atoms with Crippen LogP contribution >= 0.6 is 22.6 Å². The average Bonchev–Trinajstić information content (AvgIpc) is 3.09. The van der Waals surface area contributed by atoms with Gasteiger partial charge in [-0.3, -0.25) is 4.79 Å². The number of amides is 1. The first-order valence-electron chi connectivity index (χ1n) is 5.38. The lowest BCUT2D eigenvalue weighted by Crippen LogP contribution is -2.33. The van der Waals surface area contributed by atoms with Crippen LogP contribution in [0.25, 0.3) is 0 Å². The Kier molecular flexibility index (Phi) is 3.81. The minimum atomic E-state index is -0.383. The third-order valence-corrected chi connectivity index (χ3v) is 3.40. The topological polar surface area (TPSA) is 49.3 Å². The lowest BCUT2D eigenvalue weighted by molar-refractivity contribution is 0.0901. The maximum atomic E-state index is 11.7. The lowest BCUT2D eigenvalue weighted by Gasteiger charge is -2.10. The molecule has 1 unspecified atom stereocenters. The summed E-state index contributed by atoms with van der Waals surface area (Å²) in [7, 11) is 0. The van der Waals surface area contributed by atoms with Crippen LogP contribution in [0.4, 0.5) is 0 Å². The van der Waals surface area contributed by atoms with Crippen molar-refractivity contribution in [3.63, 3.8) is 0 Å². The molecule has 2 N–H and O–H groups in total. The number of halogens is 1. The van der Waals surface area contributed by atoms with Gasteiger partial charge in [0.2, 0.25) is 0 Å². The molecule has 0 aliphatic heterocycles. The molecule has 0 radical (unpaired) electrons. The average molecular weight is 331 g/mol. The minimum Gasteiger partial charge on any atom is -0.391 e. The first-order chi connectivity index (χ1) is 7.66. The SMILES string of the molecule is O=C(NCC(O)C1CC1)c1cccc(I)c1. The molecule has 1 atom stereocenters. The van der Waals surface area contributed by atoms with Crippen molar-refractivity contribution < 1.29 is 9.90 Å². The van der Waals surface area contributed by atoms with E-state index in [1.54, 1.807) is 6.07 Å². The van der Waals surface area contributed by atoms with Crippen LogP contribution in [0.3, 0.4) is 0 Å². The van der Waals surface area contributed by atoms with Crippen LogP contribution in [-0.4, -0.2) is 23.7 Å². The molecule has 1 saturated carbocycles. The zero-order valence-electron chi connectivity index (χ0n) is 8.82. The number of benzene rings is 1. The molecule has 0 heterocycles. The third kappa shape index (κ3) is 3.18. The second kappa shape index (κ2) is 5.14. The molecule has 0 bridgehead atoms. The Hall–Kier alpha value is -0.620. The van der Waals surface area contributed by atoms with Crippen molar-refractivity contribution in [2.75, 3.05) is 6.54 Å². The zero-order valence-corrected chi connectivity index (χ0v) is 11.0. The summed E-state index contributed by atoms with van der Waals surface area (Å²) in [5, 5.41) is 12.4. The van der Waals surface area contributed by atoms with E-state index in [0.717, 1.165) is 16.4 Å². The van der Waals surface area contributed by atoms with Crippen LogP contribution < -0.4 is 5.32 Å². The van der Waals surface area contributed by atoms with Gasteiger partial charge in [0.15, 0.2) is 0 Å². The predicted molar refractivity (Wildman–Crippen MR) is 70.2 cm³/mol. The number of carbonyl (C=O) groups excluding carboxylic acids is 1. The van der Waals surface area contributed by atoms with Crippen LogP contribution in [0.2, 0.25) is 0 Å². The molecule has 1 aliphatic rings. The van der Waals surface area contributed by atoms with E-state index in [-0.39, 0.29) is 12.0 Å². The monoisotopic (exact) mass is 331 g/mol. The van der Waals surface area contributed by atoms with Gasteiger partial charge in [0.05, 0.1) is 6.10 Å². The number of hydrogen-bond donors (Lipinski definition) is 2. The Morgan fingerprint density at radius 3 is 2.94 bits per heavy atom. The summed E-state index contributed by atoms with van der Waals surface area (Å²) in [6.45, 7) is 0.356. The highest BCUT2D eigenvalue weighted by atomic mass is 127. The smallest absolute Gasteiger partial charge is 0.251 e. The van der Waals surface area contributed by atoms with Gasteiger partial charge >= 0.3 is 0 Å². The highest BCUT2D eigenvalue weighted by molar-refractivity contribution is 14.1. The summed E-state index contributed by atoms with van der Waals surface area (Å²) >= 11 is 2.17. The zero-order chi connectivity index (χ0) is 11.5. The second-order valence-corrected chi connectivity index (χ2v) is 5.37. The van der Waals surface area contributed by atoms with Crippen molar-refractivity contribution in [3.8, 4) is 0 Å². The fourth-order valence-corrected chi connectivity index (χ4v) is 2.12. The van der Waals surface area contributed by atoms with E-state index in [2.05, 4.69) is 27.9 Å². The van der Waals surface area contributed by atoms with E-state index >= 15 is 0 Å². The molecule has 4 heteroatoms. The number of aliphatic hydroxyl groups excluding tert-OH is 1. The van der Waals surface area contributed by atoms with Crippen LogP contribution in [0.1, 0.15) is 23.2 Å². The number of hydrogen-bond acceptors (Lipinski definition) is 2. The van der Waals surface area contributed by atoms with Gasteiger partial charge in [0.25, 0.3) is 5.91 Å². The molecule has 1 aliphatic carbocycles. The van der Waals surface area contributed by atoms with Crippen LogP contribution in [-0.2, 0) is 0 Å². The Balaban J connectivity index is 1.87. The van der Waals surface area contributed by atoms with Crippen molar-refractivity contribution in [2.24, 2.45) is 5.92 Å². The first kappa shape index (κ1) is 11.9. The molecule has 2 rings (SSSR count). The van der Waals surface area contributed by atoms with Crippen molar-refractivity contribution in [2.45, 2.75) is 18.9 Å². The van der Waals surface area contributed by atoms with Crippen LogP contribution in [0.15, 0.2) is 24.3 Å². The predicted octanol–water partition coefficient (Wildman–Crippen LogP) is 1.79. The highest BCUT2D eigenvalue weighted by Gasteiger charge is 2.29. The largest absolute Gasteiger partial charge is 0.391 e. The molecule has 0 saturated heterocycles. The number of carbonyl (C=O) groups is 1. The fraction of sp³-hybridized carbons (Fsp3) is 0.417. The molecule has 1 aromatic rings. The molecule has 0 aromatic heterocycles. The van der Waals surface area contributed by atoms with Gasteiger partial charge in [-0.25, -0.2) is 0 Å². The summed E-state index contributed by atoms with van der Waals surface area (Å²) in [6.07, 6.45) is 1.78. The van der Waals surface area contributed by atoms with E-state index in [1.807, 2.05) is 18.2 Å². The Morgan fingerprint density at radius 1 is 1.56 bits per heavy atom. The van der Waals surface area contributed by atoms with Gasteiger partial charge in [0.1, 0.15) is 0 Å². The summed E-state index contributed by atoms with van der Waals surface area (Å²) < 4.78 is 1.04. The quantitative estimate of drug-likeness (QED) is 0.827. The van der Waals surface area contributed by atoms with Crippen molar-refractivity contribution in [1.82, 2.24) is 5.32 Å². The Morgan fingerprint density at radius 2 is 2.31 bits per heavy atom. The van der Waals surface area contributed by atoms with E-state index in [1.165, 1.54) is 0 Å². The summed E-state index contributed by atoms with van der Waals surface area (Å²) in [5.41, 5.74) is 0.648. The number of rotatable bonds is 4. The van der Waals surface area contributed by atoms with Crippen molar-refractivity contribution in [1.29, 1.82) is 0 Å². The standard InChI is InChI=1S/C12H14INO2/c13-10-3-1-2-9(6-10)12(16)14-7-11(15)8-4-5-8/h1-3,6,8,11,15H,4-5,7H2,(H,14,16). The van der Waals surface area contributed by atoms with Gasteiger partial charge in [-0.2, -0.15) is 0 Å². The van der Waals surface area contributed by atoms with Crippen molar-refractivity contribution >= 4 is 28.5 Å². The van der Waals surface area contributed by atoms with Crippen LogP contribution in [0, 0.1) is 9.49 Å². The molecular formula is C12H14INO2. The van der Waals surface area contributed by atoms with E-state index in [0.29, 0.717) is 18.0 Å². The molecule has 16 heavy (non-hydrogen) atoms. The third-order valence-electron chi connectivity index (χ3n) is 2.72. The molecule has 1 fully saturated rings. The summed E-state index contributed by atoms with van der Waals surface area (Å²) in [4.78, 5) is 11.7. The van der Waals surface area contributed by atoms with Gasteiger partial charge in [-0.1, -0.05) is 6.07 Å². The summed E-state index contributed by atoms with van der Waals surface area (Å²) in [5.74, 6) is 0.287. The van der Waals surface area contributed by atoms with Gasteiger partial charge in [-0.15, -0.1) is 0 Å². The fourth-order valence-electron chi connectivity index (χ4n) is 1.58. The molecule has 1 aromatic carbocycles. The minimum absolute atomic E-state index is 0.113. The van der Waals surface area contributed by atoms with E-state index < -0.39 is 0 Å². The van der Waals surface area contributed by atoms with Crippen LogP contribution in [0.5, 0.6) is 0 Å². The maximum Gasteiger partial charge on any atom is 0.251 e. The number of nitrogens with one attached hydrogen (secondary N) is 1. The first-order valence-corrected chi connectivity index (χ1v) is 6.46. The van der Waals surface area contributed by atoms with Gasteiger partial charge < -0.3 is 10.4 Å². The highest BCUT2D eigenvalue weighted by Crippen LogP contribution is 2.32. The molecule has 86 valence electrons. The van der Waals surface area contributed by atoms with E-state index in [9.17, 15) is 9.90 Å². The lowest BCUT2D eigenvalue weighted by atomic mass is 10.2. The molecular weight excluding hydrogens is 317 g/mol. The molecule has 1 amide bonds. The van der Waals surface area contributed by atoms with Gasteiger partial charge in [-0.05, 0) is 59.5 Å². The normalized spacial score (nSPS) is 16.9. The molecule has 0 spiro atoms. The Bertz CT molecular complexity index is 390.